The molecule has 90 valence electrons. The van der Waals surface area contributed by atoms with Gasteiger partial charge in [-0.3, -0.25) is 0 Å². The van der Waals surface area contributed by atoms with Crippen molar-refractivity contribution in [2.45, 2.75) is 45.4 Å². The van der Waals surface area contributed by atoms with Crippen molar-refractivity contribution in [3.8, 4) is 11.5 Å². The van der Waals surface area contributed by atoms with Gasteiger partial charge in [-0.25, -0.2) is 0 Å². The number of ether oxygens (including phenoxy) is 2. The molecule has 1 aliphatic heterocycles. The van der Waals surface area contributed by atoms with Crippen LogP contribution < -0.4 is 0 Å². The number of hydrogen-bond donors (Lipinski definition) is 0. The van der Waals surface area contributed by atoms with E-state index in [9.17, 15) is 0 Å². The Morgan fingerprint density at radius 3 is 2.44 bits per heavy atom. The molecule has 0 radical (unpaired) electrons. The zero-order valence-corrected chi connectivity index (χ0v) is 13.1. The topological polar surface area (TPSA) is 18.5 Å². The van der Waals surface area contributed by atoms with Crippen molar-refractivity contribution in [3.05, 3.63) is 10.6 Å². The van der Waals surface area contributed by atoms with Crippen molar-refractivity contribution < 1.29 is 9.47 Å². The van der Waals surface area contributed by atoms with Crippen LogP contribution >= 0.6 is 15.9 Å². The normalized spacial score (nSPS) is 25.1. The molecule has 1 aliphatic rings. The van der Waals surface area contributed by atoms with Crippen LogP contribution in [0.1, 0.15) is 13.8 Å². The molecule has 1 heterocycles. The highest BCUT2D eigenvalue weighted by atomic mass is 79.9. The SMILES string of the molecule is CC1(C)OC[C@H](/C(C#C[Si](C)(C)C)=C\Br)O1. The first kappa shape index (κ1) is 14.0. The molecule has 16 heavy (non-hydrogen) atoms. The molecule has 1 fully saturated rings. The zero-order valence-electron chi connectivity index (χ0n) is 10.6. The summed E-state index contributed by atoms with van der Waals surface area (Å²) in [6, 6.07) is 0. The Balaban J connectivity index is 2.74. The molecule has 0 saturated carbocycles. The van der Waals surface area contributed by atoms with E-state index in [0.717, 1.165) is 5.57 Å². The third-order valence-corrected chi connectivity index (χ3v) is 3.42. The Labute approximate surface area is 108 Å². The molecule has 2 nitrogen and oxygen atoms in total. The zero-order chi connectivity index (χ0) is 12.4. The van der Waals surface area contributed by atoms with Gasteiger partial charge in [0.2, 0.25) is 0 Å². The predicted molar refractivity (Wildman–Crippen MR) is 73.0 cm³/mol. The van der Waals surface area contributed by atoms with Gasteiger partial charge in [0, 0.05) is 5.57 Å². The quantitative estimate of drug-likeness (QED) is 0.546. The van der Waals surface area contributed by atoms with Crippen LogP contribution in [0.4, 0.5) is 0 Å². The second-order valence-corrected chi connectivity index (χ2v) is 10.6. The van der Waals surface area contributed by atoms with Gasteiger partial charge in [-0.2, -0.15) is 0 Å². The van der Waals surface area contributed by atoms with E-state index in [1.165, 1.54) is 0 Å². The summed E-state index contributed by atoms with van der Waals surface area (Å²) in [5.41, 5.74) is 4.30. The monoisotopic (exact) mass is 302 g/mol. The Morgan fingerprint density at radius 2 is 2.06 bits per heavy atom. The van der Waals surface area contributed by atoms with Crippen LogP contribution in [-0.2, 0) is 9.47 Å². The molecule has 1 saturated heterocycles. The molecule has 0 bridgehead atoms. The highest BCUT2D eigenvalue weighted by Gasteiger charge is 2.34. The molecule has 4 heteroatoms. The van der Waals surface area contributed by atoms with Gasteiger partial charge in [-0.05, 0) is 18.8 Å². The highest BCUT2D eigenvalue weighted by Crippen LogP contribution is 2.26. The van der Waals surface area contributed by atoms with Crippen LogP contribution in [-0.4, -0.2) is 26.6 Å². The van der Waals surface area contributed by atoms with Crippen molar-refractivity contribution >= 4 is 24.0 Å². The minimum absolute atomic E-state index is 0.0433. The summed E-state index contributed by atoms with van der Waals surface area (Å²) in [4.78, 5) is 1.84. The van der Waals surface area contributed by atoms with Crippen LogP contribution in [0.5, 0.6) is 0 Å². The smallest absolute Gasteiger partial charge is 0.163 e. The minimum atomic E-state index is -1.34. The standard InChI is InChI=1S/C12H19BrO2Si/c1-12(2)14-9-11(15-12)10(8-13)6-7-16(3,4)5/h8,11H,9H2,1-5H3/b10-8-/t11-/m1/s1. The lowest BCUT2D eigenvalue weighted by Gasteiger charge is -2.16. The van der Waals surface area contributed by atoms with Crippen molar-refractivity contribution in [2.75, 3.05) is 6.61 Å². The van der Waals surface area contributed by atoms with Crippen LogP contribution in [0, 0.1) is 11.5 Å². The lowest BCUT2D eigenvalue weighted by molar-refractivity contribution is -0.133. The van der Waals surface area contributed by atoms with Gasteiger partial charge >= 0.3 is 0 Å². The fourth-order valence-corrected chi connectivity index (χ4v) is 2.21. The van der Waals surface area contributed by atoms with Crippen LogP contribution in [0.2, 0.25) is 19.6 Å². The molecule has 1 rings (SSSR count). The van der Waals surface area contributed by atoms with E-state index >= 15 is 0 Å². The molecule has 0 aliphatic carbocycles. The maximum Gasteiger partial charge on any atom is 0.163 e. The van der Waals surface area contributed by atoms with Crippen LogP contribution in [0.15, 0.2) is 10.6 Å². The van der Waals surface area contributed by atoms with Crippen molar-refractivity contribution in [1.82, 2.24) is 0 Å². The maximum atomic E-state index is 5.76. The number of halogens is 1. The lowest BCUT2D eigenvalue weighted by Crippen LogP contribution is -2.22. The van der Waals surface area contributed by atoms with Crippen molar-refractivity contribution in [1.29, 1.82) is 0 Å². The first-order valence-electron chi connectivity index (χ1n) is 5.39. The van der Waals surface area contributed by atoms with Gasteiger partial charge < -0.3 is 9.47 Å². The molecule has 0 unspecified atom stereocenters. The third kappa shape index (κ3) is 4.42. The number of hydrogen-bond acceptors (Lipinski definition) is 2. The Hall–Kier alpha value is -0.0831. The first-order valence-corrected chi connectivity index (χ1v) is 9.80. The van der Waals surface area contributed by atoms with E-state index in [4.69, 9.17) is 9.47 Å². The van der Waals surface area contributed by atoms with Crippen LogP contribution in [0.3, 0.4) is 0 Å². The second-order valence-electron chi connectivity index (χ2n) is 5.38. The van der Waals surface area contributed by atoms with E-state index in [1.54, 1.807) is 0 Å². The fraction of sp³-hybridized carbons (Fsp3) is 0.667. The molecule has 0 amide bonds. The molecule has 0 aromatic rings. The second kappa shape index (κ2) is 5.05. The molecule has 0 N–H and O–H groups in total. The van der Waals surface area contributed by atoms with Gasteiger partial charge in [0.25, 0.3) is 0 Å². The van der Waals surface area contributed by atoms with Gasteiger partial charge in [-0.1, -0.05) is 41.5 Å². The first-order chi connectivity index (χ1) is 7.23. The Kier molecular flexibility index (Phi) is 4.41. The van der Waals surface area contributed by atoms with E-state index in [1.807, 2.05) is 18.8 Å². The van der Waals surface area contributed by atoms with E-state index in [-0.39, 0.29) is 6.10 Å². The van der Waals surface area contributed by atoms with Gasteiger partial charge in [-0.15, -0.1) is 5.54 Å². The maximum absolute atomic E-state index is 5.76. The Morgan fingerprint density at radius 1 is 1.44 bits per heavy atom. The number of rotatable bonds is 1. The summed E-state index contributed by atoms with van der Waals surface area (Å²) in [7, 11) is -1.34. The lowest BCUT2D eigenvalue weighted by atomic mass is 10.2. The molecule has 1 atom stereocenters. The molecular formula is C12H19BrO2Si. The van der Waals surface area contributed by atoms with E-state index < -0.39 is 13.9 Å². The fourth-order valence-electron chi connectivity index (χ4n) is 1.28. The van der Waals surface area contributed by atoms with Crippen molar-refractivity contribution in [2.24, 2.45) is 0 Å². The summed E-state index contributed by atoms with van der Waals surface area (Å²) in [5.74, 6) is 2.72. The van der Waals surface area contributed by atoms with Crippen LogP contribution in [0.25, 0.3) is 0 Å². The minimum Gasteiger partial charge on any atom is -0.347 e. The van der Waals surface area contributed by atoms with E-state index in [2.05, 4.69) is 47.0 Å². The highest BCUT2D eigenvalue weighted by molar-refractivity contribution is 9.11. The largest absolute Gasteiger partial charge is 0.347 e. The summed E-state index contributed by atoms with van der Waals surface area (Å²) in [6.07, 6.45) is -0.0433. The van der Waals surface area contributed by atoms with Gasteiger partial charge in [0.05, 0.1) is 6.61 Å². The summed E-state index contributed by atoms with van der Waals surface area (Å²) in [5, 5.41) is 0. The van der Waals surface area contributed by atoms with Gasteiger partial charge in [0.1, 0.15) is 14.2 Å². The van der Waals surface area contributed by atoms with E-state index in [0.29, 0.717) is 6.61 Å². The van der Waals surface area contributed by atoms with Gasteiger partial charge in [0.15, 0.2) is 5.79 Å². The summed E-state index contributed by atoms with van der Waals surface area (Å²) >= 11 is 3.35. The summed E-state index contributed by atoms with van der Waals surface area (Å²) < 4.78 is 11.3. The third-order valence-electron chi connectivity index (χ3n) is 2.05. The molecule has 0 aromatic carbocycles. The average Bonchev–Trinajstić information content (AvgIpc) is 2.45. The summed E-state index contributed by atoms with van der Waals surface area (Å²) in [6.45, 7) is 11.1. The Bertz CT molecular complexity index is 344. The molecule has 0 spiro atoms. The molecule has 0 aromatic heterocycles. The average molecular weight is 303 g/mol. The van der Waals surface area contributed by atoms with Crippen molar-refractivity contribution in [3.63, 3.8) is 0 Å². The molecular weight excluding hydrogens is 284 g/mol. The predicted octanol–water partition coefficient (Wildman–Crippen LogP) is 3.30.